The van der Waals surface area contributed by atoms with Gasteiger partial charge in [-0.25, -0.2) is 4.79 Å². The third-order valence-electron chi connectivity index (χ3n) is 3.10. The molecule has 6 heteroatoms. The van der Waals surface area contributed by atoms with Crippen molar-refractivity contribution >= 4 is 23.6 Å². The highest BCUT2D eigenvalue weighted by Gasteiger charge is 2.36. The molecule has 1 N–H and O–H groups in total. The summed E-state index contributed by atoms with van der Waals surface area (Å²) in [7, 11) is 0. The van der Waals surface area contributed by atoms with Gasteiger partial charge in [0.25, 0.3) is 5.91 Å². The van der Waals surface area contributed by atoms with E-state index in [2.05, 4.69) is 0 Å². The summed E-state index contributed by atoms with van der Waals surface area (Å²) in [6, 6.07) is 0. The number of ether oxygens (including phenoxy) is 1. The molecule has 2 aliphatic heterocycles. The van der Waals surface area contributed by atoms with E-state index in [9.17, 15) is 9.59 Å². The van der Waals surface area contributed by atoms with Crippen molar-refractivity contribution in [2.24, 2.45) is 0 Å². The maximum Gasteiger partial charge on any atom is 0.332 e. The Morgan fingerprint density at radius 3 is 2.65 bits per heavy atom. The smallest absolute Gasteiger partial charge is 0.332 e. The summed E-state index contributed by atoms with van der Waals surface area (Å²) in [5, 5.41) is 8.81. The van der Waals surface area contributed by atoms with Gasteiger partial charge in [0.15, 0.2) is 6.10 Å². The summed E-state index contributed by atoms with van der Waals surface area (Å²) < 4.78 is 5.28. The SMILES string of the molecule is O=C(O)C1CCC(C(=O)N2CCCSCC2)O1. The lowest BCUT2D eigenvalue weighted by molar-refractivity contribution is -0.154. The molecule has 0 radical (unpaired) electrons. The van der Waals surface area contributed by atoms with E-state index in [0.717, 1.165) is 31.0 Å². The van der Waals surface area contributed by atoms with Crippen LogP contribution < -0.4 is 0 Å². The molecule has 5 nitrogen and oxygen atoms in total. The van der Waals surface area contributed by atoms with Gasteiger partial charge in [0.2, 0.25) is 0 Å². The lowest BCUT2D eigenvalue weighted by atomic mass is 10.2. The molecule has 17 heavy (non-hydrogen) atoms. The second kappa shape index (κ2) is 5.73. The Morgan fingerprint density at radius 1 is 1.18 bits per heavy atom. The van der Waals surface area contributed by atoms with Gasteiger partial charge in [0.05, 0.1) is 0 Å². The molecule has 0 aliphatic carbocycles. The summed E-state index contributed by atoms with van der Waals surface area (Å²) in [6.07, 6.45) is 0.628. The van der Waals surface area contributed by atoms with Crippen molar-refractivity contribution in [2.45, 2.75) is 31.5 Å². The molecule has 0 aromatic carbocycles. The Hall–Kier alpha value is -0.750. The van der Waals surface area contributed by atoms with Crippen LogP contribution in [0.4, 0.5) is 0 Å². The minimum absolute atomic E-state index is 0.0312. The molecule has 0 aromatic heterocycles. The quantitative estimate of drug-likeness (QED) is 0.786. The summed E-state index contributed by atoms with van der Waals surface area (Å²) in [6.45, 7) is 1.52. The molecule has 0 saturated carbocycles. The first kappa shape index (κ1) is 12.7. The number of hydrogen-bond acceptors (Lipinski definition) is 4. The topological polar surface area (TPSA) is 66.8 Å². The Bertz CT molecular complexity index is 302. The van der Waals surface area contributed by atoms with Crippen molar-refractivity contribution in [1.82, 2.24) is 4.90 Å². The standard InChI is InChI=1S/C11H17NO4S/c13-10(12-4-1-6-17-7-5-12)8-2-3-9(16-8)11(14)15/h8-9H,1-7H2,(H,14,15). The number of hydrogen-bond donors (Lipinski definition) is 1. The zero-order valence-electron chi connectivity index (χ0n) is 9.63. The first-order valence-electron chi connectivity index (χ1n) is 5.93. The van der Waals surface area contributed by atoms with Crippen molar-refractivity contribution in [3.63, 3.8) is 0 Å². The van der Waals surface area contributed by atoms with E-state index in [1.54, 1.807) is 0 Å². The predicted octanol–water partition coefficient (Wildman–Crippen LogP) is 0.584. The third kappa shape index (κ3) is 3.13. The van der Waals surface area contributed by atoms with Crippen molar-refractivity contribution < 1.29 is 19.4 Å². The number of amides is 1. The van der Waals surface area contributed by atoms with Gasteiger partial charge in [0, 0.05) is 18.8 Å². The predicted molar refractivity (Wildman–Crippen MR) is 64.1 cm³/mol. The summed E-state index contributed by atoms with van der Waals surface area (Å²) in [5.74, 6) is 1.05. The number of rotatable bonds is 2. The van der Waals surface area contributed by atoms with Crippen LogP contribution in [0.1, 0.15) is 19.3 Å². The highest BCUT2D eigenvalue weighted by Crippen LogP contribution is 2.22. The molecule has 0 spiro atoms. The maximum absolute atomic E-state index is 12.1. The van der Waals surface area contributed by atoms with Crippen LogP contribution in [0.25, 0.3) is 0 Å². The molecule has 2 fully saturated rings. The second-order valence-electron chi connectivity index (χ2n) is 4.32. The van der Waals surface area contributed by atoms with Gasteiger partial charge in [-0.05, 0) is 25.0 Å². The Labute approximate surface area is 104 Å². The van der Waals surface area contributed by atoms with Crippen LogP contribution in [0.2, 0.25) is 0 Å². The van der Waals surface area contributed by atoms with Crippen molar-refractivity contribution in [3.05, 3.63) is 0 Å². The van der Waals surface area contributed by atoms with E-state index in [1.807, 2.05) is 16.7 Å². The zero-order chi connectivity index (χ0) is 12.3. The zero-order valence-corrected chi connectivity index (χ0v) is 10.4. The number of carbonyl (C=O) groups is 2. The lowest BCUT2D eigenvalue weighted by Crippen LogP contribution is -2.40. The fourth-order valence-corrected chi connectivity index (χ4v) is 3.06. The van der Waals surface area contributed by atoms with Crippen LogP contribution in [0, 0.1) is 0 Å². The summed E-state index contributed by atoms with van der Waals surface area (Å²) >= 11 is 1.86. The van der Waals surface area contributed by atoms with Crippen LogP contribution in [0.3, 0.4) is 0 Å². The van der Waals surface area contributed by atoms with Gasteiger partial charge in [-0.15, -0.1) is 0 Å². The molecule has 2 heterocycles. The number of carbonyl (C=O) groups excluding carboxylic acids is 1. The highest BCUT2D eigenvalue weighted by atomic mass is 32.2. The number of carboxylic acids is 1. The van der Waals surface area contributed by atoms with Gasteiger partial charge in [0.1, 0.15) is 6.10 Å². The fraction of sp³-hybridized carbons (Fsp3) is 0.818. The second-order valence-corrected chi connectivity index (χ2v) is 5.54. The number of nitrogens with zero attached hydrogens (tertiary/aromatic N) is 1. The summed E-state index contributed by atoms with van der Waals surface area (Å²) in [4.78, 5) is 24.7. The molecular weight excluding hydrogens is 242 g/mol. The number of carboxylic acid groups (broad SMARTS) is 1. The monoisotopic (exact) mass is 259 g/mol. The van der Waals surface area contributed by atoms with Crippen LogP contribution in [-0.2, 0) is 14.3 Å². The first-order valence-corrected chi connectivity index (χ1v) is 7.09. The lowest BCUT2D eigenvalue weighted by Gasteiger charge is -2.23. The largest absolute Gasteiger partial charge is 0.479 e. The van der Waals surface area contributed by atoms with Gasteiger partial charge in [-0.1, -0.05) is 0 Å². The van der Waals surface area contributed by atoms with Crippen molar-refractivity contribution in [2.75, 3.05) is 24.6 Å². The molecule has 0 aromatic rings. The van der Waals surface area contributed by atoms with Gasteiger partial charge >= 0.3 is 5.97 Å². The van der Waals surface area contributed by atoms with Crippen molar-refractivity contribution in [3.8, 4) is 0 Å². The van der Waals surface area contributed by atoms with E-state index in [1.165, 1.54) is 0 Å². The molecule has 0 bridgehead atoms. The molecular formula is C11H17NO4S. The first-order chi connectivity index (χ1) is 8.18. The van der Waals surface area contributed by atoms with E-state index in [-0.39, 0.29) is 5.91 Å². The van der Waals surface area contributed by atoms with Crippen LogP contribution in [-0.4, -0.2) is 58.7 Å². The Balaban J connectivity index is 1.89. The average Bonchev–Trinajstić information content (AvgIpc) is 2.65. The van der Waals surface area contributed by atoms with Crippen LogP contribution in [0.15, 0.2) is 0 Å². The van der Waals surface area contributed by atoms with Gasteiger partial charge < -0.3 is 14.7 Å². The van der Waals surface area contributed by atoms with Gasteiger partial charge in [-0.3, -0.25) is 4.79 Å². The molecule has 2 saturated heterocycles. The Morgan fingerprint density at radius 2 is 1.94 bits per heavy atom. The summed E-state index contributed by atoms with van der Waals surface area (Å²) in [5.41, 5.74) is 0. The van der Waals surface area contributed by atoms with Crippen LogP contribution >= 0.6 is 11.8 Å². The Kier molecular flexibility index (Phi) is 4.28. The van der Waals surface area contributed by atoms with Crippen LogP contribution in [0.5, 0.6) is 0 Å². The van der Waals surface area contributed by atoms with E-state index < -0.39 is 18.2 Å². The molecule has 2 aliphatic rings. The molecule has 2 atom stereocenters. The number of thioether (sulfide) groups is 1. The third-order valence-corrected chi connectivity index (χ3v) is 4.15. The maximum atomic E-state index is 12.1. The van der Waals surface area contributed by atoms with E-state index >= 15 is 0 Å². The number of aliphatic carboxylic acids is 1. The van der Waals surface area contributed by atoms with Crippen molar-refractivity contribution in [1.29, 1.82) is 0 Å². The normalized spacial score (nSPS) is 30.0. The van der Waals surface area contributed by atoms with Gasteiger partial charge in [-0.2, -0.15) is 11.8 Å². The molecule has 1 amide bonds. The fourth-order valence-electron chi connectivity index (χ4n) is 2.17. The molecule has 2 rings (SSSR count). The van der Waals surface area contributed by atoms with E-state index in [0.29, 0.717) is 12.8 Å². The minimum atomic E-state index is -0.966. The minimum Gasteiger partial charge on any atom is -0.479 e. The average molecular weight is 259 g/mol. The van der Waals surface area contributed by atoms with E-state index in [4.69, 9.17) is 9.84 Å². The highest BCUT2D eigenvalue weighted by molar-refractivity contribution is 7.99. The molecule has 96 valence electrons. The molecule has 2 unspecified atom stereocenters.